The molecule has 1 saturated carbocycles. The first-order valence-electron chi connectivity index (χ1n) is 13.2. The van der Waals surface area contributed by atoms with E-state index in [9.17, 15) is 31.1 Å². The first-order valence-corrected chi connectivity index (χ1v) is 13.2. The summed E-state index contributed by atoms with van der Waals surface area (Å²) in [5, 5.41) is 0. The van der Waals surface area contributed by atoms with Gasteiger partial charge in [0, 0.05) is 24.2 Å². The molecule has 0 radical (unpaired) electrons. The van der Waals surface area contributed by atoms with Crippen molar-refractivity contribution < 1.29 is 31.1 Å². The number of nitrogens with zero attached hydrogens (tertiary/aromatic N) is 2. The number of hydrogen-bond donors (Lipinski definition) is 0. The highest BCUT2D eigenvalue weighted by Gasteiger charge is 2.41. The third-order valence-electron chi connectivity index (χ3n) is 7.87. The molecule has 214 valence electrons. The number of carbonyl (C=O) groups excluding carboxylic acids is 1. The Balaban J connectivity index is 1.80. The number of alkyl halides is 6. The van der Waals surface area contributed by atoms with Gasteiger partial charge in [0.05, 0.1) is 28.4 Å². The fraction of sp³-hybridized carbons (Fsp3) is 0.419. The van der Waals surface area contributed by atoms with Gasteiger partial charge in [-0.25, -0.2) is 0 Å². The molecule has 3 nitrogen and oxygen atoms in total. The second-order valence-electron chi connectivity index (χ2n) is 11.1. The van der Waals surface area contributed by atoms with Crippen molar-refractivity contribution in [1.82, 2.24) is 4.98 Å². The monoisotopic (exact) mass is 562 g/mol. The van der Waals surface area contributed by atoms with Crippen LogP contribution in [0.3, 0.4) is 0 Å². The molecule has 0 spiro atoms. The Morgan fingerprint density at radius 1 is 0.825 bits per heavy atom. The molecule has 1 amide bonds. The highest BCUT2D eigenvalue weighted by atomic mass is 19.4. The summed E-state index contributed by atoms with van der Waals surface area (Å²) in [5.41, 5.74) is -1.12. The van der Waals surface area contributed by atoms with Crippen LogP contribution in [-0.2, 0) is 22.6 Å². The summed E-state index contributed by atoms with van der Waals surface area (Å²) in [7, 11) is 1.47. The van der Waals surface area contributed by atoms with Crippen molar-refractivity contribution in [3.63, 3.8) is 0 Å². The Hall–Kier alpha value is -3.36. The molecule has 0 aliphatic heterocycles. The maximum absolute atomic E-state index is 13.9. The lowest BCUT2D eigenvalue weighted by Crippen LogP contribution is -2.42. The van der Waals surface area contributed by atoms with Crippen LogP contribution in [0.4, 0.5) is 32.0 Å². The number of pyridine rings is 1. The fourth-order valence-corrected chi connectivity index (χ4v) is 5.41. The summed E-state index contributed by atoms with van der Waals surface area (Å²) in [5.74, 6) is -0.379. The molecule has 1 aromatic heterocycles. The van der Waals surface area contributed by atoms with E-state index in [2.05, 4.69) is 4.98 Å². The average Bonchev–Trinajstić information content (AvgIpc) is 2.91. The van der Waals surface area contributed by atoms with Crippen LogP contribution >= 0.6 is 0 Å². The molecule has 1 heterocycles. The molecule has 0 atom stereocenters. The van der Waals surface area contributed by atoms with Gasteiger partial charge in [-0.2, -0.15) is 26.3 Å². The minimum Gasteiger partial charge on any atom is -0.313 e. The zero-order valence-electron chi connectivity index (χ0n) is 22.9. The normalized spacial score (nSPS) is 15.2. The Kier molecular flexibility index (Phi) is 8.07. The quantitative estimate of drug-likeness (QED) is 0.291. The van der Waals surface area contributed by atoms with Gasteiger partial charge in [0.25, 0.3) is 0 Å². The molecule has 0 saturated heterocycles. The fourth-order valence-electron chi connectivity index (χ4n) is 5.41. The maximum atomic E-state index is 13.9. The van der Waals surface area contributed by atoms with Crippen LogP contribution in [0.2, 0.25) is 0 Å². The molecule has 3 aromatic rings. The summed E-state index contributed by atoms with van der Waals surface area (Å²) in [6, 6.07) is 10.9. The number of benzene rings is 2. The summed E-state index contributed by atoms with van der Waals surface area (Å²) >= 11 is 0. The van der Waals surface area contributed by atoms with Crippen molar-refractivity contribution >= 4 is 11.6 Å². The Morgan fingerprint density at radius 2 is 1.38 bits per heavy atom. The lowest BCUT2D eigenvalue weighted by molar-refractivity contribution is -0.143. The number of rotatable bonds is 5. The summed E-state index contributed by atoms with van der Waals surface area (Å²) < 4.78 is 81.3. The summed E-state index contributed by atoms with van der Waals surface area (Å²) in [6.45, 7) is 4.60. The molecule has 1 aliphatic rings. The lowest BCUT2D eigenvalue weighted by atomic mass is 9.81. The molecule has 1 fully saturated rings. The van der Waals surface area contributed by atoms with Gasteiger partial charge < -0.3 is 4.90 Å². The van der Waals surface area contributed by atoms with Gasteiger partial charge in [0.15, 0.2) is 0 Å². The first-order chi connectivity index (χ1) is 18.6. The summed E-state index contributed by atoms with van der Waals surface area (Å²) in [4.78, 5) is 19.8. The molecule has 0 unspecified atom stereocenters. The van der Waals surface area contributed by atoms with Gasteiger partial charge in [0.1, 0.15) is 0 Å². The molecule has 4 rings (SSSR count). The van der Waals surface area contributed by atoms with Crippen LogP contribution in [-0.4, -0.2) is 17.9 Å². The smallest absolute Gasteiger partial charge is 0.313 e. The molecular formula is C31H32F6N2O. The number of amides is 1. The van der Waals surface area contributed by atoms with Crippen LogP contribution < -0.4 is 4.90 Å². The number of aromatic nitrogens is 1. The highest BCUT2D eigenvalue weighted by Crippen LogP contribution is 2.42. The van der Waals surface area contributed by atoms with Crippen LogP contribution in [0, 0.1) is 6.92 Å². The van der Waals surface area contributed by atoms with Crippen LogP contribution in [0.25, 0.3) is 11.1 Å². The van der Waals surface area contributed by atoms with E-state index >= 15 is 0 Å². The van der Waals surface area contributed by atoms with E-state index in [0.717, 1.165) is 48.1 Å². The van der Waals surface area contributed by atoms with Crippen LogP contribution in [0.5, 0.6) is 0 Å². The van der Waals surface area contributed by atoms with Gasteiger partial charge in [-0.15, -0.1) is 0 Å². The average molecular weight is 563 g/mol. The number of likely N-dealkylation sites (N-methyl/N-ethyl adjacent to an activating group) is 1. The Bertz CT molecular complexity index is 1360. The van der Waals surface area contributed by atoms with E-state index in [1.54, 1.807) is 6.20 Å². The maximum Gasteiger partial charge on any atom is 0.416 e. The predicted octanol–water partition coefficient (Wildman–Crippen LogP) is 9.08. The van der Waals surface area contributed by atoms with Crippen molar-refractivity contribution in [3.05, 3.63) is 82.7 Å². The number of carbonyl (C=O) groups is 1. The molecule has 9 heteroatoms. The van der Waals surface area contributed by atoms with Crippen molar-refractivity contribution in [2.75, 3.05) is 11.9 Å². The molecule has 2 aromatic carbocycles. The summed E-state index contributed by atoms with van der Waals surface area (Å²) in [6.07, 6.45) is -3.02. The van der Waals surface area contributed by atoms with Gasteiger partial charge in [0.2, 0.25) is 5.91 Å². The van der Waals surface area contributed by atoms with E-state index in [4.69, 9.17) is 0 Å². The van der Waals surface area contributed by atoms with Crippen molar-refractivity contribution in [2.24, 2.45) is 0 Å². The Morgan fingerprint density at radius 3 is 1.93 bits per heavy atom. The van der Waals surface area contributed by atoms with E-state index in [1.165, 1.54) is 32.2 Å². The van der Waals surface area contributed by atoms with Gasteiger partial charge in [-0.05, 0) is 74.6 Å². The van der Waals surface area contributed by atoms with E-state index in [0.29, 0.717) is 17.8 Å². The third kappa shape index (κ3) is 6.03. The van der Waals surface area contributed by atoms with E-state index in [1.807, 2.05) is 37.3 Å². The number of aryl methyl sites for hydroxylation is 1. The topological polar surface area (TPSA) is 33.2 Å². The number of anilines is 1. The van der Waals surface area contributed by atoms with Gasteiger partial charge in [-0.3, -0.25) is 9.78 Å². The molecule has 0 N–H and O–H groups in total. The standard InChI is InChI=1S/C31H32F6N2O/c1-19-10-8-9-13-24(19)25-17-26(20-11-6-5-7-12-20)38-18-27(25)39(4)28(40)29(2,3)21-14-22(30(32,33)34)16-23(15-21)31(35,36)37/h8-10,13-18,20H,5-7,11-12H2,1-4H3. The molecule has 1 aliphatic carbocycles. The van der Waals surface area contributed by atoms with Gasteiger partial charge >= 0.3 is 12.4 Å². The van der Waals surface area contributed by atoms with E-state index in [-0.39, 0.29) is 17.5 Å². The molecule has 0 bridgehead atoms. The van der Waals surface area contributed by atoms with Crippen molar-refractivity contribution in [2.45, 2.75) is 76.6 Å². The number of halogens is 6. The van der Waals surface area contributed by atoms with Crippen molar-refractivity contribution in [3.8, 4) is 11.1 Å². The predicted molar refractivity (Wildman–Crippen MR) is 143 cm³/mol. The highest BCUT2D eigenvalue weighted by molar-refractivity contribution is 6.03. The zero-order chi connectivity index (χ0) is 29.5. The molecule has 40 heavy (non-hydrogen) atoms. The Labute approximate surface area is 230 Å². The lowest BCUT2D eigenvalue weighted by Gasteiger charge is -2.32. The third-order valence-corrected chi connectivity index (χ3v) is 7.87. The van der Waals surface area contributed by atoms with Gasteiger partial charge in [-0.1, -0.05) is 43.5 Å². The van der Waals surface area contributed by atoms with Crippen molar-refractivity contribution in [1.29, 1.82) is 0 Å². The molecular weight excluding hydrogens is 530 g/mol. The second kappa shape index (κ2) is 10.9. The SMILES string of the molecule is Cc1ccccc1-c1cc(C2CCCCC2)ncc1N(C)C(=O)C(C)(C)c1cc(C(F)(F)F)cc(C(F)(F)F)c1. The number of hydrogen-bond acceptors (Lipinski definition) is 2. The first kappa shape index (κ1) is 29.6. The second-order valence-corrected chi connectivity index (χ2v) is 11.1. The minimum atomic E-state index is -5.02. The largest absolute Gasteiger partial charge is 0.416 e. The minimum absolute atomic E-state index is 0.0674. The van der Waals surface area contributed by atoms with E-state index < -0.39 is 34.8 Å². The zero-order valence-corrected chi connectivity index (χ0v) is 22.9. The van der Waals surface area contributed by atoms with Crippen LogP contribution in [0.1, 0.15) is 79.8 Å². The van der Waals surface area contributed by atoms with Crippen LogP contribution in [0.15, 0.2) is 54.7 Å².